The average Bonchev–Trinajstić information content (AvgIpc) is 2.38. The van der Waals surface area contributed by atoms with Crippen LogP contribution in [0.2, 0.25) is 5.02 Å². The van der Waals surface area contributed by atoms with Crippen molar-refractivity contribution in [2.75, 3.05) is 0 Å². The van der Waals surface area contributed by atoms with Crippen molar-refractivity contribution in [3.05, 3.63) is 66.8 Å². The molecule has 1 N–H and O–H groups in total. The van der Waals surface area contributed by atoms with Crippen molar-refractivity contribution in [1.29, 1.82) is 0 Å². The Morgan fingerprint density at radius 2 is 1.74 bits per heavy atom. The minimum atomic E-state index is -1.07. The van der Waals surface area contributed by atoms with Crippen LogP contribution < -0.4 is 0 Å². The average molecular weight is 408 g/mol. The van der Waals surface area contributed by atoms with Crippen LogP contribution in [0.4, 0.5) is 4.39 Å². The Morgan fingerprint density at radius 1 is 1.11 bits per heavy atom. The minimum absolute atomic E-state index is 0.0275. The number of benzene rings is 2. The van der Waals surface area contributed by atoms with Gasteiger partial charge in [-0.15, -0.1) is 0 Å². The van der Waals surface area contributed by atoms with E-state index in [1.165, 1.54) is 6.07 Å². The van der Waals surface area contributed by atoms with Gasteiger partial charge >= 0.3 is 0 Å². The maximum atomic E-state index is 14.1. The maximum Gasteiger partial charge on any atom is 0.149 e. The molecule has 100 valence electrons. The van der Waals surface area contributed by atoms with Gasteiger partial charge in [-0.2, -0.15) is 0 Å². The van der Waals surface area contributed by atoms with Gasteiger partial charge in [0.15, 0.2) is 0 Å². The van der Waals surface area contributed by atoms with Crippen molar-refractivity contribution in [2.24, 2.45) is 0 Å². The Hall–Kier alpha value is -0.420. The fourth-order valence-electron chi connectivity index (χ4n) is 1.79. The van der Waals surface area contributed by atoms with E-state index < -0.39 is 11.9 Å². The molecule has 0 spiro atoms. The van der Waals surface area contributed by atoms with Crippen LogP contribution in [0.3, 0.4) is 0 Å². The van der Waals surface area contributed by atoms with Crippen molar-refractivity contribution in [3.8, 4) is 0 Å². The molecule has 0 aliphatic rings. The highest BCUT2D eigenvalue weighted by Gasteiger charge is 2.20. The van der Waals surface area contributed by atoms with Crippen molar-refractivity contribution >= 4 is 43.5 Å². The predicted molar refractivity (Wildman–Crippen MR) is 82.1 cm³/mol. The number of rotatable bonds is 2. The van der Waals surface area contributed by atoms with E-state index in [1.54, 1.807) is 6.07 Å². The lowest BCUT2D eigenvalue weighted by Crippen LogP contribution is -2.04. The largest absolute Gasteiger partial charge is 0.384 e. The topological polar surface area (TPSA) is 20.2 Å². The first-order valence-corrected chi connectivity index (χ1v) is 7.45. The van der Waals surface area contributed by atoms with Crippen LogP contribution >= 0.6 is 43.5 Å². The van der Waals surface area contributed by atoms with E-state index in [0.29, 0.717) is 10.0 Å². The van der Waals surface area contributed by atoms with Gasteiger partial charge in [-0.05, 0) is 40.5 Å². The van der Waals surface area contributed by atoms with Crippen LogP contribution in [-0.4, -0.2) is 5.11 Å². The number of hydrogen-bond donors (Lipinski definition) is 1. The van der Waals surface area contributed by atoms with Crippen LogP contribution in [-0.2, 0) is 0 Å². The smallest absolute Gasteiger partial charge is 0.149 e. The Labute approximate surface area is 132 Å². The second-order valence-corrected chi connectivity index (χ2v) is 6.28. The van der Waals surface area contributed by atoms with E-state index in [1.807, 2.05) is 25.1 Å². The van der Waals surface area contributed by atoms with Gasteiger partial charge < -0.3 is 5.11 Å². The Morgan fingerprint density at radius 3 is 2.42 bits per heavy atom. The SMILES string of the molecule is Cc1ccc(Br)c(C(O)c2ccc(Br)c(Cl)c2F)c1. The first kappa shape index (κ1) is 15.0. The molecular formula is C14H10Br2ClFO. The zero-order chi connectivity index (χ0) is 14.2. The van der Waals surface area contributed by atoms with E-state index in [2.05, 4.69) is 31.9 Å². The summed E-state index contributed by atoms with van der Waals surface area (Å²) in [6.45, 7) is 1.91. The lowest BCUT2D eigenvalue weighted by atomic mass is 9.99. The maximum absolute atomic E-state index is 14.1. The molecule has 5 heteroatoms. The van der Waals surface area contributed by atoms with Gasteiger partial charge in [0.25, 0.3) is 0 Å². The van der Waals surface area contributed by atoms with Crippen molar-refractivity contribution < 1.29 is 9.50 Å². The first-order chi connectivity index (χ1) is 8.91. The standard InChI is InChI=1S/C14H10Br2ClFO/c1-7-2-4-10(15)9(6-7)14(19)8-3-5-11(16)12(17)13(8)18/h2-6,14,19H,1H3. The van der Waals surface area contributed by atoms with E-state index in [0.717, 1.165) is 10.0 Å². The number of aliphatic hydroxyl groups is 1. The van der Waals surface area contributed by atoms with Crippen molar-refractivity contribution in [2.45, 2.75) is 13.0 Å². The van der Waals surface area contributed by atoms with Crippen molar-refractivity contribution in [3.63, 3.8) is 0 Å². The second kappa shape index (κ2) is 5.92. The molecule has 0 saturated carbocycles. The lowest BCUT2D eigenvalue weighted by Gasteiger charge is -2.16. The van der Waals surface area contributed by atoms with E-state index in [9.17, 15) is 9.50 Å². The van der Waals surface area contributed by atoms with Crippen LogP contribution in [0.1, 0.15) is 22.8 Å². The molecule has 2 aromatic rings. The highest BCUT2D eigenvalue weighted by Crippen LogP contribution is 2.35. The fraction of sp³-hybridized carbons (Fsp3) is 0.143. The van der Waals surface area contributed by atoms with Crippen molar-refractivity contribution in [1.82, 2.24) is 0 Å². The molecule has 0 saturated heterocycles. The highest BCUT2D eigenvalue weighted by molar-refractivity contribution is 9.10. The number of hydrogen-bond acceptors (Lipinski definition) is 1. The predicted octanol–water partition coefficient (Wildman–Crippen LogP) is 5.39. The summed E-state index contributed by atoms with van der Waals surface area (Å²) in [5, 5.41) is 10.3. The van der Waals surface area contributed by atoms with Crippen LogP contribution in [0.5, 0.6) is 0 Å². The van der Waals surface area contributed by atoms with Gasteiger partial charge in [0, 0.05) is 14.5 Å². The lowest BCUT2D eigenvalue weighted by molar-refractivity contribution is 0.214. The number of halogens is 4. The van der Waals surface area contributed by atoms with Gasteiger partial charge in [0.2, 0.25) is 0 Å². The molecule has 0 fully saturated rings. The Kier molecular flexibility index (Phi) is 4.66. The molecule has 1 nitrogen and oxygen atoms in total. The Bertz CT molecular complexity index is 631. The summed E-state index contributed by atoms with van der Waals surface area (Å²) >= 11 is 12.4. The third-order valence-corrected chi connectivity index (χ3v) is 4.79. The summed E-state index contributed by atoms with van der Waals surface area (Å²) in [6.07, 6.45) is -1.07. The molecule has 19 heavy (non-hydrogen) atoms. The number of aryl methyl sites for hydroxylation is 1. The molecule has 0 radical (unpaired) electrons. The third-order valence-electron chi connectivity index (χ3n) is 2.81. The highest BCUT2D eigenvalue weighted by atomic mass is 79.9. The summed E-state index contributed by atoms with van der Waals surface area (Å²) in [6, 6.07) is 8.68. The molecule has 2 aromatic carbocycles. The molecule has 0 amide bonds. The normalized spacial score (nSPS) is 12.5. The fourth-order valence-corrected chi connectivity index (χ4v) is 2.73. The summed E-state index contributed by atoms with van der Waals surface area (Å²) in [7, 11) is 0. The minimum Gasteiger partial charge on any atom is -0.384 e. The summed E-state index contributed by atoms with van der Waals surface area (Å²) < 4.78 is 15.3. The first-order valence-electron chi connectivity index (χ1n) is 5.49. The molecule has 0 aliphatic heterocycles. The summed E-state index contributed by atoms with van der Waals surface area (Å²) in [4.78, 5) is 0. The van der Waals surface area contributed by atoms with Gasteiger partial charge in [-0.25, -0.2) is 4.39 Å². The second-order valence-electron chi connectivity index (χ2n) is 4.19. The molecule has 1 unspecified atom stereocenters. The summed E-state index contributed by atoms with van der Waals surface area (Å²) in [5.74, 6) is -0.614. The molecule has 2 rings (SSSR count). The van der Waals surface area contributed by atoms with Crippen LogP contribution in [0.25, 0.3) is 0 Å². The number of aliphatic hydroxyl groups excluding tert-OH is 1. The molecule has 1 atom stereocenters. The zero-order valence-corrected chi connectivity index (χ0v) is 13.9. The van der Waals surface area contributed by atoms with Gasteiger partial charge in [0.1, 0.15) is 11.9 Å². The third kappa shape index (κ3) is 3.02. The van der Waals surface area contributed by atoms with E-state index in [-0.39, 0.29) is 10.6 Å². The van der Waals surface area contributed by atoms with Gasteiger partial charge in [-0.3, -0.25) is 0 Å². The van der Waals surface area contributed by atoms with Crippen LogP contribution in [0, 0.1) is 12.7 Å². The molecule has 0 bridgehead atoms. The Balaban J connectivity index is 2.53. The molecular weight excluding hydrogens is 398 g/mol. The molecule has 0 aromatic heterocycles. The van der Waals surface area contributed by atoms with Gasteiger partial charge in [0.05, 0.1) is 5.02 Å². The zero-order valence-electron chi connectivity index (χ0n) is 9.92. The van der Waals surface area contributed by atoms with E-state index in [4.69, 9.17) is 11.6 Å². The quantitative estimate of drug-likeness (QED) is 0.660. The summed E-state index contributed by atoms with van der Waals surface area (Å²) in [5.41, 5.74) is 1.75. The van der Waals surface area contributed by atoms with Gasteiger partial charge in [-0.1, -0.05) is 51.3 Å². The van der Waals surface area contributed by atoms with E-state index >= 15 is 0 Å². The van der Waals surface area contributed by atoms with Crippen LogP contribution in [0.15, 0.2) is 39.3 Å². The molecule has 0 aliphatic carbocycles. The monoisotopic (exact) mass is 406 g/mol. The molecule has 0 heterocycles.